The van der Waals surface area contributed by atoms with Gasteiger partial charge in [0, 0.05) is 6.07 Å². The molecule has 2 aromatic carbocycles. The molecule has 21 heavy (non-hydrogen) atoms. The van der Waals surface area contributed by atoms with Crippen molar-refractivity contribution in [3.63, 3.8) is 0 Å². The van der Waals surface area contributed by atoms with Crippen molar-refractivity contribution in [1.29, 1.82) is 0 Å². The molecule has 0 N–H and O–H groups in total. The van der Waals surface area contributed by atoms with Crippen LogP contribution in [0.25, 0.3) is 0 Å². The van der Waals surface area contributed by atoms with Crippen LogP contribution in [0.1, 0.15) is 11.1 Å². The Hall–Kier alpha value is -2.56. The Kier molecular flexibility index (Phi) is 4.77. The minimum atomic E-state index is -0.447. The number of nitro benzene ring substituents is 1. The average molecular weight is 287 g/mol. The van der Waals surface area contributed by atoms with Crippen LogP contribution in [-0.4, -0.2) is 18.1 Å². The Balaban J connectivity index is 1.93. The molecular weight excluding hydrogens is 270 g/mol. The lowest BCUT2D eigenvalue weighted by Gasteiger charge is -2.10. The molecule has 0 aromatic heterocycles. The molecule has 0 unspecified atom stereocenters. The molecule has 2 aromatic rings. The summed E-state index contributed by atoms with van der Waals surface area (Å²) in [5, 5.41) is 10.9. The predicted molar refractivity (Wildman–Crippen MR) is 80.0 cm³/mol. The second-order valence-corrected chi connectivity index (χ2v) is 4.69. The molecule has 5 nitrogen and oxygen atoms in total. The minimum absolute atomic E-state index is 0.0310. The van der Waals surface area contributed by atoms with Crippen molar-refractivity contribution in [2.75, 3.05) is 13.2 Å². The van der Waals surface area contributed by atoms with E-state index >= 15 is 0 Å². The highest BCUT2D eigenvalue weighted by Gasteiger charge is 2.14. The molecule has 0 saturated carbocycles. The lowest BCUT2D eigenvalue weighted by molar-refractivity contribution is -0.385. The van der Waals surface area contributed by atoms with E-state index < -0.39 is 4.92 Å². The maximum Gasteiger partial charge on any atom is 0.310 e. The first kappa shape index (κ1) is 14.8. The third-order valence-corrected chi connectivity index (χ3v) is 3.00. The highest BCUT2D eigenvalue weighted by atomic mass is 16.6. The first-order valence-corrected chi connectivity index (χ1v) is 6.64. The number of ether oxygens (including phenoxy) is 2. The van der Waals surface area contributed by atoms with Crippen LogP contribution in [0.15, 0.2) is 42.5 Å². The molecule has 0 bridgehead atoms. The van der Waals surface area contributed by atoms with Gasteiger partial charge >= 0.3 is 5.69 Å². The quantitative estimate of drug-likeness (QED) is 0.462. The summed E-state index contributed by atoms with van der Waals surface area (Å²) in [7, 11) is 0. The lowest BCUT2D eigenvalue weighted by atomic mass is 10.2. The van der Waals surface area contributed by atoms with Gasteiger partial charge in [0.25, 0.3) is 0 Å². The van der Waals surface area contributed by atoms with E-state index in [1.54, 1.807) is 12.1 Å². The van der Waals surface area contributed by atoms with Gasteiger partial charge in [-0.25, -0.2) is 0 Å². The fourth-order valence-electron chi connectivity index (χ4n) is 1.91. The largest absolute Gasteiger partial charge is 0.490 e. The van der Waals surface area contributed by atoms with Crippen molar-refractivity contribution in [3.05, 3.63) is 63.7 Å². The Morgan fingerprint density at radius 2 is 1.67 bits per heavy atom. The molecule has 110 valence electrons. The smallest absolute Gasteiger partial charge is 0.310 e. The van der Waals surface area contributed by atoms with Crippen molar-refractivity contribution < 1.29 is 14.4 Å². The zero-order chi connectivity index (χ0) is 15.2. The fourth-order valence-corrected chi connectivity index (χ4v) is 1.91. The summed E-state index contributed by atoms with van der Waals surface area (Å²) < 4.78 is 11.1. The van der Waals surface area contributed by atoms with Crippen LogP contribution in [0, 0.1) is 24.0 Å². The Labute approximate surface area is 123 Å². The summed E-state index contributed by atoms with van der Waals surface area (Å²) in [6, 6.07) is 12.5. The molecule has 5 heteroatoms. The van der Waals surface area contributed by atoms with Crippen LogP contribution in [0.3, 0.4) is 0 Å². The molecule has 2 rings (SSSR count). The van der Waals surface area contributed by atoms with Gasteiger partial charge in [-0.05, 0) is 37.1 Å². The van der Waals surface area contributed by atoms with E-state index in [9.17, 15) is 10.1 Å². The van der Waals surface area contributed by atoms with Gasteiger partial charge in [0.1, 0.15) is 19.0 Å². The molecule has 0 radical (unpaired) electrons. The van der Waals surface area contributed by atoms with Crippen LogP contribution in [0.2, 0.25) is 0 Å². The monoisotopic (exact) mass is 287 g/mol. The van der Waals surface area contributed by atoms with E-state index in [4.69, 9.17) is 9.47 Å². The van der Waals surface area contributed by atoms with Gasteiger partial charge in [0.15, 0.2) is 5.75 Å². The molecular formula is C16H17NO4. The van der Waals surface area contributed by atoms with E-state index in [1.807, 2.05) is 38.1 Å². The third-order valence-electron chi connectivity index (χ3n) is 3.00. The highest BCUT2D eigenvalue weighted by molar-refractivity contribution is 5.48. The molecule has 0 aliphatic heterocycles. The summed E-state index contributed by atoms with van der Waals surface area (Å²) in [5.41, 5.74) is 1.92. The van der Waals surface area contributed by atoms with Gasteiger partial charge in [-0.3, -0.25) is 10.1 Å². The topological polar surface area (TPSA) is 61.6 Å². The first-order valence-electron chi connectivity index (χ1n) is 6.64. The fraction of sp³-hybridized carbons (Fsp3) is 0.250. The summed E-state index contributed by atoms with van der Waals surface area (Å²) in [4.78, 5) is 10.5. The van der Waals surface area contributed by atoms with Gasteiger partial charge in [-0.2, -0.15) is 0 Å². The Bertz CT molecular complexity index is 640. The molecule has 0 saturated heterocycles. The normalized spacial score (nSPS) is 10.2. The molecule has 0 amide bonds. The molecule has 0 spiro atoms. The van der Waals surface area contributed by atoms with Gasteiger partial charge in [-0.15, -0.1) is 0 Å². The van der Waals surface area contributed by atoms with Gasteiger partial charge < -0.3 is 9.47 Å². The number of nitro groups is 1. The van der Waals surface area contributed by atoms with E-state index in [0.29, 0.717) is 6.61 Å². The number of nitrogens with zero attached hydrogens (tertiary/aromatic N) is 1. The third kappa shape index (κ3) is 3.95. The number of hydrogen-bond donors (Lipinski definition) is 0. The van der Waals surface area contributed by atoms with Crippen molar-refractivity contribution in [2.45, 2.75) is 13.8 Å². The molecule has 0 aliphatic carbocycles. The SMILES string of the molecule is Cc1ccc([N+](=O)[O-])c(OCCOc2ccccc2C)c1. The molecule has 0 aliphatic rings. The van der Waals surface area contributed by atoms with E-state index in [2.05, 4.69) is 0 Å². The minimum Gasteiger partial charge on any atom is -0.490 e. The van der Waals surface area contributed by atoms with Gasteiger partial charge in [-0.1, -0.05) is 24.3 Å². The van der Waals surface area contributed by atoms with Crippen LogP contribution >= 0.6 is 0 Å². The number of aryl methyl sites for hydroxylation is 2. The van der Waals surface area contributed by atoms with Crippen molar-refractivity contribution in [1.82, 2.24) is 0 Å². The van der Waals surface area contributed by atoms with Gasteiger partial charge in [0.2, 0.25) is 0 Å². The summed E-state index contributed by atoms with van der Waals surface area (Å²) in [5.74, 6) is 1.06. The molecule has 0 fully saturated rings. The summed E-state index contributed by atoms with van der Waals surface area (Å²) in [6.07, 6.45) is 0. The number of hydrogen-bond acceptors (Lipinski definition) is 4. The van der Waals surface area contributed by atoms with E-state index in [-0.39, 0.29) is 18.0 Å². The summed E-state index contributed by atoms with van der Waals surface area (Å²) >= 11 is 0. The van der Waals surface area contributed by atoms with Crippen LogP contribution in [0.5, 0.6) is 11.5 Å². The average Bonchev–Trinajstić information content (AvgIpc) is 2.45. The zero-order valence-electron chi connectivity index (χ0n) is 12.0. The number of para-hydroxylation sites is 1. The first-order chi connectivity index (χ1) is 10.1. The second-order valence-electron chi connectivity index (χ2n) is 4.69. The second kappa shape index (κ2) is 6.74. The van der Waals surface area contributed by atoms with Gasteiger partial charge in [0.05, 0.1) is 4.92 Å². The Morgan fingerprint density at radius 1 is 1.00 bits per heavy atom. The predicted octanol–water partition coefficient (Wildman–Crippen LogP) is 3.67. The molecule has 0 heterocycles. The highest BCUT2D eigenvalue weighted by Crippen LogP contribution is 2.27. The van der Waals surface area contributed by atoms with Crippen LogP contribution in [0.4, 0.5) is 5.69 Å². The molecule has 0 atom stereocenters. The number of rotatable bonds is 6. The van der Waals surface area contributed by atoms with Crippen molar-refractivity contribution in [3.8, 4) is 11.5 Å². The Morgan fingerprint density at radius 3 is 2.33 bits per heavy atom. The zero-order valence-corrected chi connectivity index (χ0v) is 12.0. The van der Waals surface area contributed by atoms with Crippen LogP contribution in [-0.2, 0) is 0 Å². The maximum atomic E-state index is 10.9. The standard InChI is InChI=1S/C16H17NO4/c1-12-7-8-14(17(18)19)16(11-12)21-10-9-20-15-6-4-3-5-13(15)2/h3-8,11H,9-10H2,1-2H3. The van der Waals surface area contributed by atoms with Crippen molar-refractivity contribution >= 4 is 5.69 Å². The van der Waals surface area contributed by atoms with E-state index in [1.165, 1.54) is 6.07 Å². The van der Waals surface area contributed by atoms with Crippen LogP contribution < -0.4 is 9.47 Å². The van der Waals surface area contributed by atoms with Crippen molar-refractivity contribution in [2.24, 2.45) is 0 Å². The van der Waals surface area contributed by atoms with E-state index in [0.717, 1.165) is 16.9 Å². The lowest BCUT2D eigenvalue weighted by Crippen LogP contribution is -2.10. The number of benzene rings is 2. The maximum absolute atomic E-state index is 10.9. The summed E-state index contributed by atoms with van der Waals surface area (Å²) in [6.45, 7) is 4.40.